The minimum Gasteiger partial charge on any atom is -0.268 e. The summed E-state index contributed by atoms with van der Waals surface area (Å²) in [6.45, 7) is 1.29. The Hall–Kier alpha value is -3.44. The molecule has 0 aliphatic rings. The third-order valence-corrected chi connectivity index (χ3v) is 5.90. The van der Waals surface area contributed by atoms with Gasteiger partial charge in [0, 0.05) is 30.3 Å². The van der Waals surface area contributed by atoms with Gasteiger partial charge in [0.15, 0.2) is 0 Å². The Morgan fingerprint density at radius 3 is 2.50 bits per heavy atom. The first-order chi connectivity index (χ1) is 14.2. The Bertz CT molecular complexity index is 1260. The van der Waals surface area contributed by atoms with Crippen molar-refractivity contribution in [1.29, 1.82) is 0 Å². The van der Waals surface area contributed by atoms with Crippen molar-refractivity contribution < 1.29 is 17.7 Å². The second kappa shape index (κ2) is 8.51. The van der Waals surface area contributed by atoms with Crippen LogP contribution in [-0.2, 0) is 16.6 Å². The lowest BCUT2D eigenvalue weighted by Crippen LogP contribution is -2.32. The number of nitrogens with zero attached hydrogens (tertiary/aromatic N) is 3. The molecule has 11 heteroatoms. The van der Waals surface area contributed by atoms with Crippen LogP contribution < -0.4 is 10.3 Å². The summed E-state index contributed by atoms with van der Waals surface area (Å²) < 4.78 is 41.6. The molecule has 3 aromatic rings. The van der Waals surface area contributed by atoms with Crippen LogP contribution in [0.1, 0.15) is 5.56 Å². The summed E-state index contributed by atoms with van der Waals surface area (Å²) in [7, 11) is -4.04. The van der Waals surface area contributed by atoms with E-state index in [1.165, 1.54) is 55.5 Å². The van der Waals surface area contributed by atoms with E-state index in [9.17, 15) is 27.7 Å². The first-order valence-electron chi connectivity index (χ1n) is 8.76. The second-order valence-electron chi connectivity index (χ2n) is 6.39. The molecule has 1 N–H and O–H groups in total. The van der Waals surface area contributed by atoms with Gasteiger partial charge in [-0.2, -0.15) is 5.10 Å². The molecular weight excluding hydrogens is 415 g/mol. The maximum absolute atomic E-state index is 13.1. The number of rotatable bonds is 7. The van der Waals surface area contributed by atoms with Gasteiger partial charge in [-0.1, -0.05) is 6.07 Å². The summed E-state index contributed by atoms with van der Waals surface area (Å²) in [4.78, 5) is 22.1. The van der Waals surface area contributed by atoms with Crippen molar-refractivity contribution in [2.24, 2.45) is 0 Å². The Morgan fingerprint density at radius 1 is 1.13 bits per heavy atom. The third kappa shape index (κ3) is 4.75. The van der Waals surface area contributed by atoms with Crippen molar-refractivity contribution in [2.75, 3.05) is 6.54 Å². The van der Waals surface area contributed by atoms with Gasteiger partial charge in [-0.25, -0.2) is 22.2 Å². The van der Waals surface area contributed by atoms with E-state index in [0.717, 1.165) is 10.7 Å². The number of hydrogen-bond donors (Lipinski definition) is 1. The van der Waals surface area contributed by atoms with Crippen molar-refractivity contribution in [1.82, 2.24) is 14.5 Å². The Labute approximate surface area is 171 Å². The number of sulfonamides is 1. The number of nitro benzene ring substituents is 1. The molecule has 0 spiro atoms. The molecule has 0 aliphatic heterocycles. The number of nitro groups is 1. The molecular formula is C19H17FN4O5S. The lowest BCUT2D eigenvalue weighted by atomic mass is 10.1. The van der Waals surface area contributed by atoms with Crippen LogP contribution in [0.15, 0.2) is 64.3 Å². The normalized spacial score (nSPS) is 11.4. The van der Waals surface area contributed by atoms with Crippen LogP contribution in [0.2, 0.25) is 0 Å². The van der Waals surface area contributed by atoms with Gasteiger partial charge in [-0.05, 0) is 42.8 Å². The fourth-order valence-electron chi connectivity index (χ4n) is 2.74. The summed E-state index contributed by atoms with van der Waals surface area (Å²) in [5, 5.41) is 15.1. The summed E-state index contributed by atoms with van der Waals surface area (Å²) >= 11 is 0. The molecule has 9 nitrogen and oxygen atoms in total. The van der Waals surface area contributed by atoms with Crippen LogP contribution in [0.4, 0.5) is 10.1 Å². The van der Waals surface area contributed by atoms with Gasteiger partial charge in [0.2, 0.25) is 10.0 Å². The molecule has 0 atom stereocenters. The fraction of sp³-hybridized carbons (Fsp3) is 0.158. The zero-order valence-corrected chi connectivity index (χ0v) is 16.6. The first-order valence-corrected chi connectivity index (χ1v) is 10.2. The second-order valence-corrected chi connectivity index (χ2v) is 8.13. The van der Waals surface area contributed by atoms with Gasteiger partial charge in [0.1, 0.15) is 5.82 Å². The molecule has 1 heterocycles. The summed E-state index contributed by atoms with van der Waals surface area (Å²) in [5.41, 5.74) is 0.587. The number of aromatic nitrogens is 2. The van der Waals surface area contributed by atoms with Gasteiger partial charge in [0.25, 0.3) is 11.2 Å². The molecule has 0 aliphatic carbocycles. The molecule has 0 saturated heterocycles. The SMILES string of the molecule is Cc1ccc([N+](=O)[O-])cc1S(=O)(=O)NCCn1nc(-c2ccc(F)cc2)ccc1=O. The minimum atomic E-state index is -4.04. The molecule has 0 unspecified atom stereocenters. The van der Waals surface area contributed by atoms with Crippen LogP contribution in [0.3, 0.4) is 0 Å². The topological polar surface area (TPSA) is 124 Å². The Morgan fingerprint density at radius 2 is 1.83 bits per heavy atom. The highest BCUT2D eigenvalue weighted by molar-refractivity contribution is 7.89. The maximum atomic E-state index is 13.1. The maximum Gasteiger partial charge on any atom is 0.270 e. The highest BCUT2D eigenvalue weighted by atomic mass is 32.2. The van der Waals surface area contributed by atoms with E-state index >= 15 is 0 Å². The van der Waals surface area contributed by atoms with Crippen LogP contribution >= 0.6 is 0 Å². The highest BCUT2D eigenvalue weighted by Crippen LogP contribution is 2.21. The quantitative estimate of drug-likeness (QED) is 0.451. The highest BCUT2D eigenvalue weighted by Gasteiger charge is 2.20. The Kier molecular flexibility index (Phi) is 6.04. The van der Waals surface area contributed by atoms with Crippen LogP contribution in [0.5, 0.6) is 0 Å². The molecule has 0 fully saturated rings. The fourth-order valence-corrected chi connectivity index (χ4v) is 4.02. The molecule has 0 bridgehead atoms. The van der Waals surface area contributed by atoms with Gasteiger partial charge in [0.05, 0.1) is 22.1 Å². The summed E-state index contributed by atoms with van der Waals surface area (Å²) in [5.74, 6) is -0.405. The van der Waals surface area contributed by atoms with E-state index in [1.54, 1.807) is 0 Å². The molecule has 0 radical (unpaired) electrons. The first kappa shape index (κ1) is 21.3. The minimum absolute atomic E-state index is 0.0684. The van der Waals surface area contributed by atoms with Crippen molar-refractivity contribution in [3.63, 3.8) is 0 Å². The molecule has 156 valence electrons. The number of nitrogens with one attached hydrogen (secondary N) is 1. The van der Waals surface area contributed by atoms with Crippen LogP contribution in [-0.4, -0.2) is 29.7 Å². The Balaban J connectivity index is 1.77. The van der Waals surface area contributed by atoms with E-state index in [-0.39, 0.29) is 23.7 Å². The van der Waals surface area contributed by atoms with Crippen LogP contribution in [0, 0.1) is 22.9 Å². The number of benzene rings is 2. The predicted molar refractivity (Wildman–Crippen MR) is 107 cm³/mol. The average molecular weight is 432 g/mol. The van der Waals surface area contributed by atoms with Gasteiger partial charge < -0.3 is 0 Å². The van der Waals surface area contributed by atoms with E-state index in [4.69, 9.17) is 0 Å². The molecule has 3 rings (SSSR count). The number of non-ortho nitro benzene ring substituents is 1. The number of aryl methyl sites for hydroxylation is 1. The van der Waals surface area contributed by atoms with Gasteiger partial charge in [-0.15, -0.1) is 0 Å². The zero-order valence-electron chi connectivity index (χ0n) is 15.8. The van der Waals surface area contributed by atoms with Crippen molar-refractivity contribution in [3.8, 4) is 11.3 Å². The monoisotopic (exact) mass is 432 g/mol. The molecule has 1 aromatic heterocycles. The molecule has 0 amide bonds. The van der Waals surface area contributed by atoms with Crippen molar-refractivity contribution in [2.45, 2.75) is 18.4 Å². The van der Waals surface area contributed by atoms with Crippen molar-refractivity contribution >= 4 is 15.7 Å². The lowest BCUT2D eigenvalue weighted by Gasteiger charge is -2.10. The largest absolute Gasteiger partial charge is 0.270 e. The zero-order chi connectivity index (χ0) is 21.9. The van der Waals surface area contributed by atoms with Gasteiger partial charge in [-0.3, -0.25) is 14.9 Å². The van der Waals surface area contributed by atoms with Crippen LogP contribution in [0.25, 0.3) is 11.3 Å². The smallest absolute Gasteiger partial charge is 0.268 e. The summed E-state index contributed by atoms with van der Waals surface area (Å²) in [6, 6.07) is 11.9. The number of hydrogen-bond acceptors (Lipinski definition) is 6. The lowest BCUT2D eigenvalue weighted by molar-refractivity contribution is -0.385. The third-order valence-electron chi connectivity index (χ3n) is 4.29. The van der Waals surface area contributed by atoms with E-state index < -0.39 is 26.3 Å². The summed E-state index contributed by atoms with van der Waals surface area (Å²) in [6.07, 6.45) is 0. The standard InChI is InChI=1S/C19H17FN4O5S/c1-13-2-7-16(24(26)27)12-18(13)30(28,29)21-10-11-23-19(25)9-8-17(22-23)14-3-5-15(20)6-4-14/h2-9,12,21H,10-11H2,1H3. The average Bonchev–Trinajstić information content (AvgIpc) is 2.70. The van der Waals surface area contributed by atoms with E-state index in [2.05, 4.69) is 9.82 Å². The number of halogens is 1. The van der Waals surface area contributed by atoms with Crippen molar-refractivity contribution in [3.05, 3.63) is 86.4 Å². The molecule has 30 heavy (non-hydrogen) atoms. The molecule has 0 saturated carbocycles. The predicted octanol–water partition coefficient (Wildman–Crippen LogP) is 2.24. The van der Waals surface area contributed by atoms with Gasteiger partial charge >= 0.3 is 0 Å². The van der Waals surface area contributed by atoms with E-state index in [1.807, 2.05) is 0 Å². The molecule has 2 aromatic carbocycles. The van der Waals surface area contributed by atoms with E-state index in [0.29, 0.717) is 16.8 Å².